The predicted molar refractivity (Wildman–Crippen MR) is 85.6 cm³/mol. The number of nitrogens with one attached hydrogen (secondary N) is 1. The number of nitrogens with zero attached hydrogens (tertiary/aromatic N) is 2. The number of hydrogen-bond donors (Lipinski definition) is 1. The molecule has 0 radical (unpaired) electrons. The molecule has 4 heteroatoms. The van der Waals surface area contributed by atoms with Gasteiger partial charge in [-0.15, -0.1) is 0 Å². The first-order valence-electron chi connectivity index (χ1n) is 7.68. The zero-order chi connectivity index (χ0) is 15.1. The summed E-state index contributed by atoms with van der Waals surface area (Å²) in [7, 11) is 2.00. The van der Waals surface area contributed by atoms with Gasteiger partial charge in [0.25, 0.3) is 0 Å². The number of aromatic nitrogens is 2. The van der Waals surface area contributed by atoms with Crippen LogP contribution in [0.15, 0.2) is 36.8 Å². The highest BCUT2D eigenvalue weighted by molar-refractivity contribution is 5.32. The Hall–Kier alpha value is -1.81. The van der Waals surface area contributed by atoms with Crippen LogP contribution in [-0.2, 0) is 7.05 Å². The molecule has 0 spiro atoms. The van der Waals surface area contributed by atoms with Crippen molar-refractivity contribution >= 4 is 0 Å². The second-order valence-corrected chi connectivity index (χ2v) is 5.27. The molecule has 0 aliphatic heterocycles. The van der Waals surface area contributed by atoms with Crippen LogP contribution < -0.4 is 10.1 Å². The monoisotopic (exact) mass is 287 g/mol. The molecule has 0 aliphatic rings. The maximum atomic E-state index is 5.64. The third kappa shape index (κ3) is 4.33. The summed E-state index contributed by atoms with van der Waals surface area (Å²) >= 11 is 0. The Morgan fingerprint density at radius 2 is 1.95 bits per heavy atom. The molecule has 21 heavy (non-hydrogen) atoms. The van der Waals surface area contributed by atoms with Crippen LogP contribution in [0, 0.1) is 0 Å². The van der Waals surface area contributed by atoms with Crippen molar-refractivity contribution < 1.29 is 4.74 Å². The topological polar surface area (TPSA) is 39.1 Å². The predicted octanol–water partition coefficient (Wildman–Crippen LogP) is 3.30. The Morgan fingerprint density at radius 3 is 2.52 bits per heavy atom. The SMILES string of the molecule is CCCNC(c1ccc(OCCC)cc1)c1cn(C)cn1. The van der Waals surface area contributed by atoms with E-state index >= 15 is 0 Å². The standard InChI is InChI=1S/C17H25N3O/c1-4-10-18-17(16-12-20(3)13-19-16)14-6-8-15(9-7-14)21-11-5-2/h6-9,12-13,17-18H,4-5,10-11H2,1-3H3. The first kappa shape index (κ1) is 15.6. The molecule has 0 saturated heterocycles. The van der Waals surface area contributed by atoms with Crippen LogP contribution >= 0.6 is 0 Å². The van der Waals surface area contributed by atoms with Crippen LogP contribution in [0.1, 0.15) is 44.0 Å². The van der Waals surface area contributed by atoms with Gasteiger partial charge in [0.2, 0.25) is 0 Å². The number of aryl methyl sites for hydroxylation is 1. The van der Waals surface area contributed by atoms with Crippen molar-refractivity contribution in [3.8, 4) is 5.75 Å². The third-order valence-electron chi connectivity index (χ3n) is 3.31. The maximum absolute atomic E-state index is 5.64. The van der Waals surface area contributed by atoms with Gasteiger partial charge in [0.15, 0.2) is 0 Å². The number of benzene rings is 1. The zero-order valence-electron chi connectivity index (χ0n) is 13.2. The van der Waals surface area contributed by atoms with Crippen molar-refractivity contribution in [1.29, 1.82) is 0 Å². The quantitative estimate of drug-likeness (QED) is 0.809. The van der Waals surface area contributed by atoms with Gasteiger partial charge in [-0.2, -0.15) is 0 Å². The lowest BCUT2D eigenvalue weighted by molar-refractivity contribution is 0.317. The Morgan fingerprint density at radius 1 is 1.19 bits per heavy atom. The molecular weight excluding hydrogens is 262 g/mol. The van der Waals surface area contributed by atoms with E-state index in [-0.39, 0.29) is 6.04 Å². The lowest BCUT2D eigenvalue weighted by Gasteiger charge is -2.17. The molecule has 1 aromatic heterocycles. The van der Waals surface area contributed by atoms with Crippen molar-refractivity contribution in [3.63, 3.8) is 0 Å². The van der Waals surface area contributed by atoms with E-state index in [0.29, 0.717) is 0 Å². The highest BCUT2D eigenvalue weighted by Crippen LogP contribution is 2.23. The average Bonchev–Trinajstić information content (AvgIpc) is 2.93. The summed E-state index contributed by atoms with van der Waals surface area (Å²) in [5.41, 5.74) is 2.26. The number of hydrogen-bond acceptors (Lipinski definition) is 3. The van der Waals surface area contributed by atoms with E-state index in [4.69, 9.17) is 4.74 Å². The van der Waals surface area contributed by atoms with Gasteiger partial charge < -0.3 is 14.6 Å². The molecule has 1 atom stereocenters. The van der Waals surface area contributed by atoms with E-state index in [1.807, 2.05) is 30.1 Å². The van der Waals surface area contributed by atoms with Gasteiger partial charge in [-0.05, 0) is 37.1 Å². The van der Waals surface area contributed by atoms with Crippen molar-refractivity contribution in [1.82, 2.24) is 14.9 Å². The van der Waals surface area contributed by atoms with Crippen LogP contribution in [0.2, 0.25) is 0 Å². The highest BCUT2D eigenvalue weighted by atomic mass is 16.5. The number of imidazole rings is 1. The first-order chi connectivity index (χ1) is 10.2. The van der Waals surface area contributed by atoms with E-state index < -0.39 is 0 Å². The Kier molecular flexibility index (Phi) is 5.81. The smallest absolute Gasteiger partial charge is 0.119 e. The van der Waals surface area contributed by atoms with E-state index in [0.717, 1.165) is 37.4 Å². The van der Waals surface area contributed by atoms with Gasteiger partial charge >= 0.3 is 0 Å². The van der Waals surface area contributed by atoms with Crippen LogP contribution in [-0.4, -0.2) is 22.7 Å². The zero-order valence-corrected chi connectivity index (χ0v) is 13.2. The average molecular weight is 287 g/mol. The number of ether oxygens (including phenoxy) is 1. The van der Waals surface area contributed by atoms with Gasteiger partial charge in [0, 0.05) is 13.2 Å². The molecule has 4 nitrogen and oxygen atoms in total. The summed E-state index contributed by atoms with van der Waals surface area (Å²) in [5, 5.41) is 3.56. The Bertz CT molecular complexity index is 533. The highest BCUT2D eigenvalue weighted by Gasteiger charge is 2.15. The summed E-state index contributed by atoms with van der Waals surface area (Å²) in [4.78, 5) is 4.49. The van der Waals surface area contributed by atoms with Gasteiger partial charge in [-0.25, -0.2) is 4.98 Å². The summed E-state index contributed by atoms with van der Waals surface area (Å²) in [5.74, 6) is 0.927. The molecule has 1 heterocycles. The number of rotatable bonds is 8. The van der Waals surface area contributed by atoms with Crippen molar-refractivity contribution in [2.24, 2.45) is 7.05 Å². The minimum atomic E-state index is 0.131. The molecule has 2 aromatic rings. The van der Waals surface area contributed by atoms with Crippen LogP contribution in [0.25, 0.3) is 0 Å². The Labute approximate surface area is 127 Å². The third-order valence-corrected chi connectivity index (χ3v) is 3.31. The minimum Gasteiger partial charge on any atom is -0.494 e. The van der Waals surface area contributed by atoms with Gasteiger partial charge in [0.1, 0.15) is 5.75 Å². The van der Waals surface area contributed by atoms with Gasteiger partial charge in [0.05, 0.1) is 24.7 Å². The van der Waals surface area contributed by atoms with Crippen LogP contribution in [0.3, 0.4) is 0 Å². The molecule has 0 bridgehead atoms. The summed E-state index contributed by atoms with van der Waals surface area (Å²) in [6.45, 7) is 6.01. The normalized spacial score (nSPS) is 12.3. The van der Waals surface area contributed by atoms with E-state index in [2.05, 4.69) is 42.5 Å². The van der Waals surface area contributed by atoms with E-state index in [1.54, 1.807) is 0 Å². The van der Waals surface area contributed by atoms with Crippen molar-refractivity contribution in [2.75, 3.05) is 13.2 Å². The summed E-state index contributed by atoms with van der Waals surface area (Å²) in [6.07, 6.45) is 6.03. The fourth-order valence-corrected chi connectivity index (χ4v) is 2.24. The maximum Gasteiger partial charge on any atom is 0.119 e. The molecule has 0 saturated carbocycles. The van der Waals surface area contributed by atoms with Crippen LogP contribution in [0.5, 0.6) is 5.75 Å². The lowest BCUT2D eigenvalue weighted by Crippen LogP contribution is -2.23. The first-order valence-corrected chi connectivity index (χ1v) is 7.68. The summed E-state index contributed by atoms with van der Waals surface area (Å²) < 4.78 is 7.62. The Balaban J connectivity index is 2.16. The van der Waals surface area contributed by atoms with E-state index in [1.165, 1.54) is 5.56 Å². The van der Waals surface area contributed by atoms with Gasteiger partial charge in [-0.3, -0.25) is 0 Å². The summed E-state index contributed by atoms with van der Waals surface area (Å²) in [6, 6.07) is 8.44. The van der Waals surface area contributed by atoms with Crippen molar-refractivity contribution in [3.05, 3.63) is 48.0 Å². The fourth-order valence-electron chi connectivity index (χ4n) is 2.24. The molecule has 0 amide bonds. The van der Waals surface area contributed by atoms with Gasteiger partial charge in [-0.1, -0.05) is 26.0 Å². The van der Waals surface area contributed by atoms with Crippen molar-refractivity contribution in [2.45, 2.75) is 32.7 Å². The second-order valence-electron chi connectivity index (χ2n) is 5.27. The molecule has 1 unspecified atom stereocenters. The largest absolute Gasteiger partial charge is 0.494 e. The van der Waals surface area contributed by atoms with Crippen LogP contribution in [0.4, 0.5) is 0 Å². The minimum absolute atomic E-state index is 0.131. The second kappa shape index (κ2) is 7.84. The molecule has 1 N–H and O–H groups in total. The molecule has 0 fully saturated rings. The molecule has 114 valence electrons. The molecule has 0 aliphatic carbocycles. The molecular formula is C17H25N3O. The van der Waals surface area contributed by atoms with E-state index in [9.17, 15) is 0 Å². The molecule has 2 rings (SSSR count). The lowest BCUT2D eigenvalue weighted by atomic mass is 10.0. The fraction of sp³-hybridized carbons (Fsp3) is 0.471. The molecule has 1 aromatic carbocycles.